The van der Waals surface area contributed by atoms with Crippen LogP contribution >= 0.6 is 11.3 Å². The van der Waals surface area contributed by atoms with E-state index in [2.05, 4.69) is 10.3 Å². The fourth-order valence-electron chi connectivity index (χ4n) is 2.09. The van der Waals surface area contributed by atoms with Crippen molar-refractivity contribution in [1.29, 1.82) is 0 Å². The van der Waals surface area contributed by atoms with Crippen molar-refractivity contribution < 1.29 is 24.2 Å². The Balaban J connectivity index is 2.21. The first-order valence-corrected chi connectivity index (χ1v) is 8.53. The van der Waals surface area contributed by atoms with Gasteiger partial charge >= 0.3 is 11.9 Å². The van der Waals surface area contributed by atoms with Gasteiger partial charge in [0.05, 0.1) is 25.1 Å². The molecular formula is C17H18N2O5S. The van der Waals surface area contributed by atoms with Crippen LogP contribution in [0.4, 0.5) is 5.13 Å². The maximum Gasteiger partial charge on any atom is 0.311 e. The zero-order valence-electron chi connectivity index (χ0n) is 13.7. The Hall–Kier alpha value is -2.74. The molecule has 0 saturated heterocycles. The van der Waals surface area contributed by atoms with E-state index in [9.17, 15) is 14.4 Å². The number of aliphatic carboxylic acids is 1. The highest BCUT2D eigenvalue weighted by atomic mass is 32.1. The minimum Gasteiger partial charge on any atom is -0.481 e. The van der Waals surface area contributed by atoms with Crippen LogP contribution in [-0.4, -0.2) is 34.5 Å². The van der Waals surface area contributed by atoms with Crippen molar-refractivity contribution in [2.24, 2.45) is 0 Å². The number of carboxylic acids is 1. The first-order chi connectivity index (χ1) is 12.0. The van der Waals surface area contributed by atoms with Crippen molar-refractivity contribution in [1.82, 2.24) is 4.98 Å². The van der Waals surface area contributed by atoms with Gasteiger partial charge in [-0.15, -0.1) is 11.3 Å². The molecule has 1 aromatic heterocycles. The van der Waals surface area contributed by atoms with Crippen LogP contribution in [0.1, 0.15) is 24.6 Å². The van der Waals surface area contributed by atoms with E-state index in [0.29, 0.717) is 15.7 Å². The lowest BCUT2D eigenvalue weighted by Gasteiger charge is -2.02. The number of amides is 1. The second-order valence-electron chi connectivity index (χ2n) is 5.08. The molecule has 0 bridgehead atoms. The van der Waals surface area contributed by atoms with Gasteiger partial charge in [-0.1, -0.05) is 30.3 Å². The number of ether oxygens (including phenoxy) is 1. The topological polar surface area (TPSA) is 106 Å². The second kappa shape index (κ2) is 8.93. The molecule has 0 saturated carbocycles. The van der Waals surface area contributed by atoms with Gasteiger partial charge in [0.1, 0.15) is 0 Å². The third kappa shape index (κ3) is 5.68. The second-order valence-corrected chi connectivity index (χ2v) is 6.16. The molecule has 1 amide bonds. The quantitative estimate of drug-likeness (QED) is 0.700. The number of hydrogen-bond donors (Lipinski definition) is 2. The first-order valence-electron chi connectivity index (χ1n) is 7.72. The van der Waals surface area contributed by atoms with Gasteiger partial charge in [-0.3, -0.25) is 14.4 Å². The molecule has 0 aliphatic heterocycles. The SMILES string of the molecule is CCOC(=O)Cc1sc(NC(=O)CCC(=O)O)nc1-c1ccccc1. The highest BCUT2D eigenvalue weighted by Crippen LogP contribution is 2.31. The van der Waals surface area contributed by atoms with Crippen LogP contribution in [0.15, 0.2) is 30.3 Å². The highest BCUT2D eigenvalue weighted by molar-refractivity contribution is 7.16. The van der Waals surface area contributed by atoms with Gasteiger partial charge in [0, 0.05) is 16.9 Å². The Bertz CT molecular complexity index is 758. The van der Waals surface area contributed by atoms with Crippen molar-refractivity contribution in [2.45, 2.75) is 26.2 Å². The molecule has 25 heavy (non-hydrogen) atoms. The molecule has 1 heterocycles. The summed E-state index contributed by atoms with van der Waals surface area (Å²) in [5.41, 5.74) is 1.43. The molecule has 1 aromatic carbocycles. The Morgan fingerprint density at radius 3 is 2.56 bits per heavy atom. The predicted octanol–water partition coefficient (Wildman–Crippen LogP) is 2.72. The number of carbonyl (C=O) groups is 3. The van der Waals surface area contributed by atoms with E-state index in [1.165, 1.54) is 11.3 Å². The number of carboxylic acid groups (broad SMARTS) is 1. The van der Waals surface area contributed by atoms with E-state index in [1.54, 1.807) is 6.92 Å². The molecule has 2 rings (SSSR count). The number of aromatic nitrogens is 1. The molecule has 0 fully saturated rings. The van der Waals surface area contributed by atoms with E-state index in [4.69, 9.17) is 9.84 Å². The molecule has 132 valence electrons. The van der Waals surface area contributed by atoms with Crippen LogP contribution in [0, 0.1) is 0 Å². The lowest BCUT2D eigenvalue weighted by atomic mass is 10.1. The van der Waals surface area contributed by atoms with Crippen molar-refractivity contribution in [2.75, 3.05) is 11.9 Å². The molecule has 0 atom stereocenters. The molecule has 2 N–H and O–H groups in total. The summed E-state index contributed by atoms with van der Waals surface area (Å²) in [4.78, 5) is 39.2. The fourth-order valence-corrected chi connectivity index (χ4v) is 3.08. The van der Waals surface area contributed by atoms with Crippen LogP contribution in [0.2, 0.25) is 0 Å². The summed E-state index contributed by atoms with van der Waals surface area (Å²) < 4.78 is 4.98. The summed E-state index contributed by atoms with van der Waals surface area (Å²) in [6.45, 7) is 2.02. The normalized spacial score (nSPS) is 10.3. The first kappa shape index (κ1) is 18.6. The summed E-state index contributed by atoms with van der Waals surface area (Å²) in [6.07, 6.45) is -0.331. The average Bonchev–Trinajstić information content (AvgIpc) is 2.96. The van der Waals surface area contributed by atoms with Gasteiger partial charge in [-0.25, -0.2) is 4.98 Å². The molecule has 0 unspecified atom stereocenters. The Labute approximate surface area is 148 Å². The maximum absolute atomic E-state index is 11.8. The molecule has 0 aliphatic carbocycles. The summed E-state index contributed by atoms with van der Waals surface area (Å²) in [6, 6.07) is 9.30. The van der Waals surface area contributed by atoms with Crippen LogP contribution < -0.4 is 5.32 Å². The van der Waals surface area contributed by atoms with Gasteiger partial charge < -0.3 is 15.2 Å². The average molecular weight is 362 g/mol. The van der Waals surface area contributed by atoms with E-state index in [0.717, 1.165) is 5.56 Å². The number of nitrogens with zero attached hydrogens (tertiary/aromatic N) is 1. The van der Waals surface area contributed by atoms with Gasteiger partial charge in [-0.05, 0) is 6.92 Å². The molecule has 7 nitrogen and oxygen atoms in total. The van der Waals surface area contributed by atoms with Crippen molar-refractivity contribution in [3.05, 3.63) is 35.2 Å². The van der Waals surface area contributed by atoms with E-state index >= 15 is 0 Å². The molecule has 0 radical (unpaired) electrons. The Morgan fingerprint density at radius 1 is 1.20 bits per heavy atom. The van der Waals surface area contributed by atoms with Crippen molar-refractivity contribution in [3.8, 4) is 11.3 Å². The summed E-state index contributed by atoms with van der Waals surface area (Å²) >= 11 is 1.18. The Morgan fingerprint density at radius 2 is 1.92 bits per heavy atom. The smallest absolute Gasteiger partial charge is 0.311 e. The van der Waals surface area contributed by atoms with E-state index < -0.39 is 11.9 Å². The Kier molecular flexibility index (Phi) is 6.64. The molecular weight excluding hydrogens is 344 g/mol. The summed E-state index contributed by atoms with van der Waals surface area (Å²) in [5.74, 6) is -1.84. The number of thiazole rings is 1. The van der Waals surface area contributed by atoms with Crippen LogP contribution in [0.3, 0.4) is 0 Å². The van der Waals surface area contributed by atoms with Crippen molar-refractivity contribution in [3.63, 3.8) is 0 Å². The third-order valence-corrected chi connectivity index (χ3v) is 4.14. The summed E-state index contributed by atoms with van der Waals surface area (Å²) in [5, 5.41) is 11.5. The van der Waals surface area contributed by atoms with Crippen molar-refractivity contribution >= 4 is 34.3 Å². The lowest BCUT2D eigenvalue weighted by molar-refractivity contribution is -0.142. The fraction of sp³-hybridized carbons (Fsp3) is 0.294. The standard InChI is InChI=1S/C17H18N2O5S/c1-2-24-15(23)10-12-16(11-6-4-3-5-7-11)19-17(25-12)18-13(20)8-9-14(21)22/h3-7H,2,8-10H2,1H3,(H,21,22)(H,18,19,20). The van der Waals surface area contributed by atoms with Gasteiger partial charge in [0.2, 0.25) is 5.91 Å². The number of nitrogens with one attached hydrogen (secondary N) is 1. The zero-order valence-corrected chi connectivity index (χ0v) is 14.5. The third-order valence-electron chi connectivity index (χ3n) is 3.17. The lowest BCUT2D eigenvalue weighted by Crippen LogP contribution is -2.12. The van der Waals surface area contributed by atoms with Gasteiger partial charge in [0.15, 0.2) is 5.13 Å². The number of carbonyl (C=O) groups excluding carboxylic acids is 2. The molecule has 2 aromatic rings. The van der Waals surface area contributed by atoms with E-state index in [-0.39, 0.29) is 31.8 Å². The maximum atomic E-state index is 11.8. The summed E-state index contributed by atoms with van der Waals surface area (Å²) in [7, 11) is 0. The van der Waals surface area contributed by atoms with E-state index in [1.807, 2.05) is 30.3 Å². The number of esters is 1. The number of benzene rings is 1. The highest BCUT2D eigenvalue weighted by Gasteiger charge is 2.18. The number of anilines is 1. The van der Waals surface area contributed by atoms with Crippen LogP contribution in [0.25, 0.3) is 11.3 Å². The number of rotatable bonds is 8. The number of hydrogen-bond acceptors (Lipinski definition) is 6. The van der Waals surface area contributed by atoms with Gasteiger partial charge in [0.25, 0.3) is 0 Å². The minimum atomic E-state index is -1.04. The minimum absolute atomic E-state index is 0.0563. The largest absolute Gasteiger partial charge is 0.481 e. The monoisotopic (exact) mass is 362 g/mol. The van der Waals surface area contributed by atoms with Crippen LogP contribution in [-0.2, 0) is 25.5 Å². The molecule has 0 aliphatic rings. The predicted molar refractivity (Wildman–Crippen MR) is 93.4 cm³/mol. The van der Waals surface area contributed by atoms with Crippen LogP contribution in [0.5, 0.6) is 0 Å². The molecule has 8 heteroatoms. The van der Waals surface area contributed by atoms with Gasteiger partial charge in [-0.2, -0.15) is 0 Å². The molecule has 0 spiro atoms. The zero-order chi connectivity index (χ0) is 18.2.